The maximum atomic E-state index is 12.8. The van der Waals surface area contributed by atoms with Gasteiger partial charge in [0.25, 0.3) is 11.8 Å². The second-order valence-corrected chi connectivity index (χ2v) is 7.65. The Balaban J connectivity index is 1.64. The number of ether oxygens (including phenoxy) is 4. The van der Waals surface area contributed by atoms with Crippen LogP contribution in [0.2, 0.25) is 0 Å². The number of esters is 1. The van der Waals surface area contributed by atoms with Gasteiger partial charge in [0.2, 0.25) is 5.82 Å². The van der Waals surface area contributed by atoms with Crippen LogP contribution in [0.25, 0.3) is 11.5 Å². The number of carbonyl (C=O) groups is 2. The van der Waals surface area contributed by atoms with E-state index < -0.39 is 17.9 Å². The van der Waals surface area contributed by atoms with Gasteiger partial charge in [-0.15, -0.1) is 0 Å². The second kappa shape index (κ2) is 11.2. The molecule has 0 fully saturated rings. The predicted molar refractivity (Wildman–Crippen MR) is 122 cm³/mol. The average molecular weight is 469 g/mol. The van der Waals surface area contributed by atoms with Gasteiger partial charge in [0.1, 0.15) is 23.3 Å². The molecule has 0 saturated carbocycles. The molecule has 10 heteroatoms. The minimum Gasteiger partial charge on any atom is -0.497 e. The van der Waals surface area contributed by atoms with Crippen molar-refractivity contribution in [2.75, 3.05) is 21.3 Å². The largest absolute Gasteiger partial charge is 0.497 e. The molecule has 0 aliphatic rings. The van der Waals surface area contributed by atoms with Crippen molar-refractivity contribution in [1.82, 2.24) is 15.5 Å². The van der Waals surface area contributed by atoms with E-state index in [1.165, 1.54) is 14.2 Å². The molecule has 0 aliphatic carbocycles. The van der Waals surface area contributed by atoms with E-state index in [9.17, 15) is 9.59 Å². The molecule has 0 saturated heterocycles. The summed E-state index contributed by atoms with van der Waals surface area (Å²) in [5.74, 6) is 0.787. The van der Waals surface area contributed by atoms with Crippen molar-refractivity contribution in [3.63, 3.8) is 0 Å². The van der Waals surface area contributed by atoms with Gasteiger partial charge in [0.15, 0.2) is 6.61 Å². The maximum absolute atomic E-state index is 12.8. The van der Waals surface area contributed by atoms with Crippen LogP contribution in [0.3, 0.4) is 0 Å². The summed E-state index contributed by atoms with van der Waals surface area (Å²) in [6, 6.07) is 11.0. The van der Waals surface area contributed by atoms with E-state index in [0.717, 1.165) is 0 Å². The molecule has 3 aromatic rings. The SMILES string of the molecule is COc1ccc(-c2nc(COC(=O)[C@@H](NC(=O)c3cc(OC)cc(OC)c3)C(C)C)no2)cc1. The van der Waals surface area contributed by atoms with Gasteiger partial charge in [-0.25, -0.2) is 4.79 Å². The Kier molecular flexibility index (Phi) is 8.07. The lowest BCUT2D eigenvalue weighted by Gasteiger charge is -2.20. The lowest BCUT2D eigenvalue weighted by atomic mass is 10.0. The molecule has 1 N–H and O–H groups in total. The van der Waals surface area contributed by atoms with Crippen LogP contribution in [-0.4, -0.2) is 49.4 Å². The van der Waals surface area contributed by atoms with Crippen LogP contribution in [0.1, 0.15) is 30.0 Å². The van der Waals surface area contributed by atoms with Crippen LogP contribution in [0.4, 0.5) is 0 Å². The highest BCUT2D eigenvalue weighted by molar-refractivity contribution is 5.97. The topological polar surface area (TPSA) is 122 Å². The summed E-state index contributed by atoms with van der Waals surface area (Å²) >= 11 is 0. The van der Waals surface area contributed by atoms with E-state index in [4.69, 9.17) is 23.5 Å². The molecule has 34 heavy (non-hydrogen) atoms. The molecule has 0 aliphatic heterocycles. The Labute approximate surface area is 197 Å². The Morgan fingerprint density at radius 2 is 1.56 bits per heavy atom. The number of nitrogens with one attached hydrogen (secondary N) is 1. The van der Waals surface area contributed by atoms with E-state index >= 15 is 0 Å². The lowest BCUT2D eigenvalue weighted by molar-refractivity contribution is -0.148. The number of carbonyl (C=O) groups excluding carboxylic acids is 2. The van der Waals surface area contributed by atoms with Crippen molar-refractivity contribution in [3.05, 3.63) is 53.9 Å². The minimum atomic E-state index is -0.891. The second-order valence-electron chi connectivity index (χ2n) is 7.65. The first-order valence-electron chi connectivity index (χ1n) is 10.5. The molecule has 1 aromatic heterocycles. The minimum absolute atomic E-state index is 0.200. The summed E-state index contributed by atoms with van der Waals surface area (Å²) in [6.07, 6.45) is 0. The lowest BCUT2D eigenvalue weighted by Crippen LogP contribution is -2.45. The third-order valence-corrected chi connectivity index (χ3v) is 4.97. The summed E-state index contributed by atoms with van der Waals surface area (Å²) < 4.78 is 26.1. The summed E-state index contributed by atoms with van der Waals surface area (Å²) in [5.41, 5.74) is 0.990. The molecule has 3 rings (SSSR count). The number of rotatable bonds is 10. The normalized spacial score (nSPS) is 11.6. The van der Waals surface area contributed by atoms with Crippen LogP contribution in [-0.2, 0) is 16.1 Å². The fourth-order valence-corrected chi connectivity index (χ4v) is 3.05. The van der Waals surface area contributed by atoms with E-state index in [2.05, 4.69) is 15.5 Å². The highest BCUT2D eigenvalue weighted by atomic mass is 16.5. The Morgan fingerprint density at radius 3 is 2.12 bits per heavy atom. The number of methoxy groups -OCH3 is 3. The summed E-state index contributed by atoms with van der Waals surface area (Å²) in [7, 11) is 4.56. The van der Waals surface area contributed by atoms with Gasteiger partial charge in [0.05, 0.1) is 21.3 Å². The van der Waals surface area contributed by atoms with E-state index in [1.54, 1.807) is 63.4 Å². The monoisotopic (exact) mass is 469 g/mol. The molecular weight excluding hydrogens is 442 g/mol. The summed E-state index contributed by atoms with van der Waals surface area (Å²) in [5, 5.41) is 6.56. The van der Waals surface area contributed by atoms with Crippen molar-refractivity contribution in [2.24, 2.45) is 5.92 Å². The van der Waals surface area contributed by atoms with Crippen molar-refractivity contribution in [3.8, 4) is 28.7 Å². The van der Waals surface area contributed by atoms with Gasteiger partial charge >= 0.3 is 5.97 Å². The van der Waals surface area contributed by atoms with E-state index in [1.807, 2.05) is 0 Å². The molecule has 0 radical (unpaired) electrons. The first-order valence-corrected chi connectivity index (χ1v) is 10.5. The van der Waals surface area contributed by atoms with Gasteiger partial charge in [-0.2, -0.15) is 4.98 Å². The van der Waals surface area contributed by atoms with Crippen LogP contribution in [0.15, 0.2) is 47.0 Å². The zero-order valence-corrected chi connectivity index (χ0v) is 19.7. The number of benzene rings is 2. The average Bonchev–Trinajstić information content (AvgIpc) is 3.34. The van der Waals surface area contributed by atoms with Gasteiger partial charge in [0, 0.05) is 17.2 Å². The number of nitrogens with zero attached hydrogens (tertiary/aromatic N) is 2. The third kappa shape index (κ3) is 6.03. The van der Waals surface area contributed by atoms with Crippen LogP contribution in [0.5, 0.6) is 17.2 Å². The standard InChI is InChI=1S/C24H27N3O7/c1-14(2)21(26-22(28)16-10-18(31-4)12-19(11-16)32-5)24(29)33-13-20-25-23(34-27-20)15-6-8-17(30-3)9-7-15/h6-12,14,21H,13H2,1-5H3,(H,26,28)/t21-/m0/s1. The van der Waals surface area contributed by atoms with Crippen LogP contribution >= 0.6 is 0 Å². The molecule has 180 valence electrons. The van der Waals surface area contributed by atoms with Crippen LogP contribution < -0.4 is 19.5 Å². The molecule has 1 atom stereocenters. The highest BCUT2D eigenvalue weighted by Crippen LogP contribution is 2.23. The quantitative estimate of drug-likeness (QED) is 0.446. The Bertz CT molecular complexity index is 1100. The summed E-state index contributed by atoms with van der Waals surface area (Å²) in [4.78, 5) is 29.8. The molecule has 1 amide bonds. The van der Waals surface area contributed by atoms with Crippen molar-refractivity contribution in [2.45, 2.75) is 26.5 Å². The molecule has 2 aromatic carbocycles. The van der Waals surface area contributed by atoms with E-state index in [0.29, 0.717) is 22.8 Å². The number of hydrogen-bond acceptors (Lipinski definition) is 9. The van der Waals surface area contributed by atoms with Crippen molar-refractivity contribution >= 4 is 11.9 Å². The smallest absolute Gasteiger partial charge is 0.329 e. The zero-order valence-electron chi connectivity index (χ0n) is 19.7. The number of hydrogen-bond donors (Lipinski definition) is 1. The Morgan fingerprint density at radius 1 is 0.941 bits per heavy atom. The maximum Gasteiger partial charge on any atom is 0.329 e. The summed E-state index contributed by atoms with van der Waals surface area (Å²) in [6.45, 7) is 3.40. The third-order valence-electron chi connectivity index (χ3n) is 4.97. The van der Waals surface area contributed by atoms with Gasteiger partial charge in [-0.05, 0) is 42.3 Å². The van der Waals surface area contributed by atoms with E-state index in [-0.39, 0.29) is 29.8 Å². The van der Waals surface area contributed by atoms with Gasteiger partial charge in [-0.1, -0.05) is 19.0 Å². The van der Waals surface area contributed by atoms with Crippen molar-refractivity contribution in [1.29, 1.82) is 0 Å². The molecule has 0 bridgehead atoms. The first-order chi connectivity index (χ1) is 16.3. The first kappa shape index (κ1) is 24.6. The van der Waals surface area contributed by atoms with Gasteiger partial charge < -0.3 is 28.8 Å². The number of aromatic nitrogens is 2. The predicted octanol–water partition coefficient (Wildman–Crippen LogP) is 3.26. The Hall–Kier alpha value is -4.08. The van der Waals surface area contributed by atoms with Crippen molar-refractivity contribution < 1.29 is 33.1 Å². The molecule has 1 heterocycles. The fraction of sp³-hybridized carbons (Fsp3) is 0.333. The fourth-order valence-electron chi connectivity index (χ4n) is 3.05. The van der Waals surface area contributed by atoms with Crippen LogP contribution in [0, 0.1) is 5.92 Å². The molecule has 10 nitrogen and oxygen atoms in total. The number of amides is 1. The molecule has 0 unspecified atom stereocenters. The molecule has 0 spiro atoms. The molecular formula is C24H27N3O7. The zero-order chi connectivity index (χ0) is 24.7. The highest BCUT2D eigenvalue weighted by Gasteiger charge is 2.27. The van der Waals surface area contributed by atoms with Gasteiger partial charge in [-0.3, -0.25) is 4.79 Å².